The van der Waals surface area contributed by atoms with Gasteiger partial charge in [-0.25, -0.2) is 0 Å². The summed E-state index contributed by atoms with van der Waals surface area (Å²) in [5.74, 6) is -0.727. The molecule has 2 bridgehead atoms. The molecule has 6 rings (SSSR count). The number of hydroxylamine groups is 6. The van der Waals surface area contributed by atoms with Crippen LogP contribution < -0.4 is 0 Å². The second-order valence-corrected chi connectivity index (χ2v) is 12.8. The zero-order valence-electron chi connectivity index (χ0n) is 29.1. The first-order chi connectivity index (χ1) is 24.5. The molecule has 0 aliphatic carbocycles. The maximum atomic E-state index is 12.9. The van der Waals surface area contributed by atoms with Crippen LogP contribution in [0.25, 0.3) is 0 Å². The molecule has 3 aliphatic rings. The Balaban J connectivity index is 1.20. The number of hydrogen-bond donors (Lipinski definition) is 0. The van der Waals surface area contributed by atoms with Crippen LogP contribution in [-0.4, -0.2) is 121 Å². The third kappa shape index (κ3) is 13.6. The fourth-order valence-corrected chi connectivity index (χ4v) is 6.04. The van der Waals surface area contributed by atoms with Crippen molar-refractivity contribution >= 4 is 17.9 Å². The van der Waals surface area contributed by atoms with Crippen LogP contribution >= 0.6 is 0 Å². The minimum Gasteiger partial charge on any atom is -0.368 e. The van der Waals surface area contributed by atoms with Gasteiger partial charge in [-0.2, -0.15) is 0 Å². The van der Waals surface area contributed by atoms with Crippen molar-refractivity contribution in [1.82, 2.24) is 25.0 Å². The largest absolute Gasteiger partial charge is 0.368 e. The van der Waals surface area contributed by atoms with E-state index in [9.17, 15) is 14.4 Å². The van der Waals surface area contributed by atoms with Crippen molar-refractivity contribution < 1.29 is 28.9 Å². The number of hydrogen-bond acceptors (Lipinski definition) is 11. The molecule has 3 aromatic carbocycles. The Kier molecular flexibility index (Phi) is 15.2. The topological polar surface area (TPSA) is 95.1 Å². The van der Waals surface area contributed by atoms with E-state index in [0.29, 0.717) is 117 Å². The number of rotatable bonds is 12. The zero-order valence-corrected chi connectivity index (χ0v) is 29.1. The van der Waals surface area contributed by atoms with Crippen LogP contribution in [0.1, 0.15) is 36.0 Å². The molecule has 0 aromatic heterocycles. The lowest BCUT2D eigenvalue weighted by molar-refractivity contribution is -0.201. The van der Waals surface area contributed by atoms with E-state index >= 15 is 0 Å². The molecule has 0 spiro atoms. The molecule has 3 aromatic rings. The molecule has 11 heteroatoms. The zero-order chi connectivity index (χ0) is 34.8. The molecule has 3 aliphatic heterocycles. The summed E-state index contributed by atoms with van der Waals surface area (Å²) in [5.41, 5.74) is 3.31. The van der Waals surface area contributed by atoms with Gasteiger partial charge in [0, 0.05) is 78.5 Å². The van der Waals surface area contributed by atoms with Crippen LogP contribution in [0, 0.1) is 0 Å². The molecule has 3 heterocycles. The predicted molar refractivity (Wildman–Crippen MR) is 190 cm³/mol. The summed E-state index contributed by atoms with van der Waals surface area (Å²) in [4.78, 5) is 61.0. The van der Waals surface area contributed by atoms with Gasteiger partial charge in [0.1, 0.15) is 0 Å². The first kappa shape index (κ1) is 37.1. The summed E-state index contributed by atoms with van der Waals surface area (Å²) in [6, 6.07) is 29.9. The van der Waals surface area contributed by atoms with Crippen LogP contribution in [0.3, 0.4) is 0 Å². The molecule has 0 N–H and O–H groups in total. The maximum absolute atomic E-state index is 12.9. The number of nitrogens with zero attached hydrogens (tertiary/aromatic N) is 5. The lowest BCUT2D eigenvalue weighted by Gasteiger charge is -2.35. The monoisotopic (exact) mass is 685 g/mol. The molecule has 11 nitrogen and oxygen atoms in total. The van der Waals surface area contributed by atoms with Crippen molar-refractivity contribution in [3.63, 3.8) is 0 Å². The predicted octanol–water partition coefficient (Wildman–Crippen LogP) is 3.80. The van der Waals surface area contributed by atoms with Gasteiger partial charge >= 0.3 is 17.9 Å². The molecule has 0 saturated carbocycles. The Bertz CT molecular complexity index is 1250. The van der Waals surface area contributed by atoms with E-state index in [0.717, 1.165) is 16.7 Å². The fourth-order valence-electron chi connectivity index (χ4n) is 6.04. The number of benzene rings is 3. The minimum atomic E-state index is -0.242. The number of aryl methyl sites for hydroxylation is 3. The molecule has 3 saturated heterocycles. The molecular weight excluding hydrogens is 634 g/mol. The van der Waals surface area contributed by atoms with Gasteiger partial charge in [-0.3, -0.25) is 24.2 Å². The van der Waals surface area contributed by atoms with E-state index in [4.69, 9.17) is 14.5 Å². The van der Waals surface area contributed by atoms with E-state index in [-0.39, 0.29) is 17.9 Å². The minimum absolute atomic E-state index is 0.242. The summed E-state index contributed by atoms with van der Waals surface area (Å²) < 4.78 is 0. The van der Waals surface area contributed by atoms with Gasteiger partial charge in [0.2, 0.25) is 0 Å². The normalized spacial score (nSPS) is 19.9. The third-order valence-electron chi connectivity index (χ3n) is 9.07. The van der Waals surface area contributed by atoms with E-state index in [1.165, 1.54) is 0 Å². The Morgan fingerprint density at radius 3 is 0.860 bits per heavy atom. The molecule has 0 amide bonds. The highest BCUT2D eigenvalue weighted by Crippen LogP contribution is 2.11. The molecule has 0 unspecified atom stereocenters. The summed E-state index contributed by atoms with van der Waals surface area (Å²) >= 11 is 0. The fraction of sp³-hybridized carbons (Fsp3) is 0.462. The summed E-state index contributed by atoms with van der Waals surface area (Å²) in [6.45, 7) is 6.89. The number of carbonyl (C=O) groups is 3. The highest BCUT2D eigenvalue weighted by molar-refractivity contribution is 5.70. The van der Waals surface area contributed by atoms with E-state index in [1.807, 2.05) is 91.0 Å². The van der Waals surface area contributed by atoms with Crippen LogP contribution in [0.2, 0.25) is 0 Å². The first-order valence-electron chi connectivity index (χ1n) is 17.9. The van der Waals surface area contributed by atoms with Crippen molar-refractivity contribution in [3.8, 4) is 0 Å². The van der Waals surface area contributed by atoms with E-state index < -0.39 is 0 Å². The number of carbonyl (C=O) groups excluding carboxylic acids is 3. The van der Waals surface area contributed by atoms with Crippen molar-refractivity contribution in [3.05, 3.63) is 108 Å². The number of fused-ring (bicyclic) bond motifs is 12. The third-order valence-corrected chi connectivity index (χ3v) is 9.07. The second kappa shape index (κ2) is 20.5. The summed E-state index contributed by atoms with van der Waals surface area (Å²) in [5, 5.41) is 5.37. The molecule has 0 atom stereocenters. The van der Waals surface area contributed by atoms with Crippen molar-refractivity contribution in [1.29, 1.82) is 0 Å². The molecule has 3 fully saturated rings. The average Bonchev–Trinajstić information content (AvgIpc) is 3.14. The van der Waals surface area contributed by atoms with Gasteiger partial charge < -0.3 is 14.5 Å². The summed E-state index contributed by atoms with van der Waals surface area (Å²) in [6.07, 6.45) is 2.82. The van der Waals surface area contributed by atoms with Gasteiger partial charge in [0.05, 0.1) is 19.3 Å². The van der Waals surface area contributed by atoms with Crippen LogP contribution in [-0.2, 0) is 48.2 Å². The SMILES string of the molecule is O=C(CCc1ccccc1)ON1CCN2CCN(OC(=O)CCc3ccccc3)CCN(CC1)CCN(OC(=O)CCc1ccccc1)CC2. The molecule has 0 radical (unpaired) electrons. The van der Waals surface area contributed by atoms with Crippen molar-refractivity contribution in [2.75, 3.05) is 78.5 Å². The molecule has 50 heavy (non-hydrogen) atoms. The second-order valence-electron chi connectivity index (χ2n) is 12.8. The lowest BCUT2D eigenvalue weighted by atomic mass is 10.1. The Morgan fingerprint density at radius 1 is 0.380 bits per heavy atom. The average molecular weight is 686 g/mol. The standard InChI is InChI=1S/C39H51N5O6/c45-37(19-16-34-10-4-1-5-11-34)48-42-28-22-40-24-30-43(49-38(46)20-17-35-12-6-2-7-13-35)31-25-41(23-29-42)27-33-44(32-26-40)50-39(47)21-18-36-14-8-3-9-15-36/h1-15H,16-33H2. The quantitative estimate of drug-likeness (QED) is 0.279. The van der Waals surface area contributed by atoms with Crippen LogP contribution in [0.5, 0.6) is 0 Å². The smallest absolute Gasteiger partial charge is 0.325 e. The van der Waals surface area contributed by atoms with E-state index in [2.05, 4.69) is 9.80 Å². The Hall–Kier alpha value is -4.13. The van der Waals surface area contributed by atoms with Gasteiger partial charge in [0.25, 0.3) is 0 Å². The Morgan fingerprint density at radius 2 is 0.620 bits per heavy atom. The lowest BCUT2D eigenvalue weighted by Crippen LogP contribution is -2.50. The van der Waals surface area contributed by atoms with Gasteiger partial charge in [-0.1, -0.05) is 91.0 Å². The van der Waals surface area contributed by atoms with Crippen molar-refractivity contribution in [2.24, 2.45) is 0 Å². The maximum Gasteiger partial charge on any atom is 0.325 e. The van der Waals surface area contributed by atoms with Crippen LogP contribution in [0.4, 0.5) is 0 Å². The highest BCUT2D eigenvalue weighted by Gasteiger charge is 2.24. The van der Waals surface area contributed by atoms with E-state index in [1.54, 1.807) is 15.2 Å². The first-order valence-corrected chi connectivity index (χ1v) is 17.9. The highest BCUT2D eigenvalue weighted by atomic mass is 16.7. The van der Waals surface area contributed by atoms with Gasteiger partial charge in [-0.15, -0.1) is 15.2 Å². The molecule has 268 valence electrons. The summed E-state index contributed by atoms with van der Waals surface area (Å²) in [7, 11) is 0. The van der Waals surface area contributed by atoms with Gasteiger partial charge in [0.15, 0.2) is 0 Å². The molecular formula is C39H51N5O6. The van der Waals surface area contributed by atoms with Crippen molar-refractivity contribution in [2.45, 2.75) is 38.5 Å². The Labute approximate surface area is 296 Å². The van der Waals surface area contributed by atoms with Crippen LogP contribution in [0.15, 0.2) is 91.0 Å². The van der Waals surface area contributed by atoms with Gasteiger partial charge in [-0.05, 0) is 36.0 Å².